The van der Waals surface area contributed by atoms with Crippen LogP contribution in [0.15, 0.2) is 0 Å². The highest BCUT2D eigenvalue weighted by molar-refractivity contribution is 5.80. The molecule has 2 rings (SSSR count). The van der Waals surface area contributed by atoms with Gasteiger partial charge in [0.25, 0.3) is 0 Å². The molecule has 0 aromatic rings. The Labute approximate surface area is 168 Å². The fourth-order valence-electron chi connectivity index (χ4n) is 4.13. The van der Waals surface area contributed by atoms with E-state index in [2.05, 4.69) is 29.0 Å². The fourth-order valence-corrected chi connectivity index (χ4v) is 4.13. The maximum absolute atomic E-state index is 12.3. The lowest BCUT2D eigenvalue weighted by atomic mass is 9.80. The van der Waals surface area contributed by atoms with E-state index in [1.165, 1.54) is 19.6 Å². The number of nitrogens with zero attached hydrogens (tertiary/aromatic N) is 2. The lowest BCUT2D eigenvalue weighted by molar-refractivity contribution is -0.128. The molecule has 2 aliphatic rings. The van der Waals surface area contributed by atoms with Crippen molar-refractivity contribution in [3.63, 3.8) is 0 Å². The van der Waals surface area contributed by atoms with Gasteiger partial charge >= 0.3 is 0 Å². The summed E-state index contributed by atoms with van der Waals surface area (Å²) in [6, 6.07) is 0. The molecule has 1 N–H and O–H groups in total. The fraction of sp³-hybridized carbons (Fsp3) is 0.909. The van der Waals surface area contributed by atoms with Gasteiger partial charge in [-0.15, -0.1) is 0 Å². The minimum atomic E-state index is 0. The number of carbonyl (C=O) groups is 2. The zero-order valence-corrected chi connectivity index (χ0v) is 18.4. The van der Waals surface area contributed by atoms with Crippen molar-refractivity contribution >= 4 is 11.7 Å². The van der Waals surface area contributed by atoms with Crippen LogP contribution in [0.3, 0.4) is 0 Å². The van der Waals surface area contributed by atoms with Crippen molar-refractivity contribution in [3.8, 4) is 0 Å². The molecule has 5 nitrogen and oxygen atoms in total. The molecule has 1 aliphatic heterocycles. The molecule has 1 heterocycles. The van der Waals surface area contributed by atoms with Crippen molar-refractivity contribution in [1.82, 2.24) is 15.1 Å². The average Bonchev–Trinajstić information content (AvgIpc) is 2.67. The second kappa shape index (κ2) is 13.3. The minimum Gasteiger partial charge on any atom is -0.356 e. The molecule has 2 fully saturated rings. The number of rotatable bonds is 8. The Morgan fingerprint density at radius 1 is 0.963 bits per heavy atom. The Kier molecular flexibility index (Phi) is 11.8. The van der Waals surface area contributed by atoms with Crippen molar-refractivity contribution in [3.05, 3.63) is 0 Å². The van der Waals surface area contributed by atoms with Crippen LogP contribution in [0.1, 0.15) is 68.1 Å². The number of hydrogen-bond donors (Lipinski definition) is 1. The van der Waals surface area contributed by atoms with Crippen LogP contribution in [0.5, 0.6) is 0 Å². The SMILES string of the molecule is CC.CC(=O)C1CCC(C(=O)NCCCN2CCN(CC(C)C)CC2)CC1.[HH]. The molecular weight excluding hydrogens is 338 g/mol. The summed E-state index contributed by atoms with van der Waals surface area (Å²) in [5.74, 6) is 1.54. The third-order valence-electron chi connectivity index (χ3n) is 5.71. The topological polar surface area (TPSA) is 52.7 Å². The van der Waals surface area contributed by atoms with Gasteiger partial charge in [0.1, 0.15) is 5.78 Å². The van der Waals surface area contributed by atoms with E-state index in [4.69, 9.17) is 0 Å². The summed E-state index contributed by atoms with van der Waals surface area (Å²) in [5, 5.41) is 3.11. The predicted molar refractivity (Wildman–Crippen MR) is 115 cm³/mol. The van der Waals surface area contributed by atoms with Crippen LogP contribution in [0.25, 0.3) is 0 Å². The Hall–Kier alpha value is -0.940. The van der Waals surface area contributed by atoms with Crippen LogP contribution in [0, 0.1) is 17.8 Å². The molecule has 1 saturated heterocycles. The number of Topliss-reactive ketones (excluding diaryl/α,β-unsaturated/α-hetero) is 1. The van der Waals surface area contributed by atoms with Gasteiger partial charge < -0.3 is 15.1 Å². The van der Waals surface area contributed by atoms with E-state index in [0.29, 0.717) is 0 Å². The minimum absolute atomic E-state index is 0. The summed E-state index contributed by atoms with van der Waals surface area (Å²) in [6.07, 6.45) is 4.53. The smallest absolute Gasteiger partial charge is 0.223 e. The molecule has 0 atom stereocenters. The van der Waals surface area contributed by atoms with Crippen molar-refractivity contribution in [2.45, 2.75) is 66.7 Å². The van der Waals surface area contributed by atoms with E-state index >= 15 is 0 Å². The predicted octanol–water partition coefficient (Wildman–Crippen LogP) is 3.43. The first-order valence-corrected chi connectivity index (χ1v) is 11.2. The van der Waals surface area contributed by atoms with E-state index in [0.717, 1.165) is 64.2 Å². The van der Waals surface area contributed by atoms with Crippen molar-refractivity contribution in [1.29, 1.82) is 0 Å². The van der Waals surface area contributed by atoms with Gasteiger partial charge in [0.15, 0.2) is 0 Å². The second-order valence-corrected chi connectivity index (χ2v) is 8.34. The maximum atomic E-state index is 12.3. The number of ketones is 1. The molecule has 0 spiro atoms. The number of amides is 1. The van der Waals surface area contributed by atoms with Crippen LogP contribution in [0.2, 0.25) is 0 Å². The van der Waals surface area contributed by atoms with Crippen LogP contribution >= 0.6 is 0 Å². The lowest BCUT2D eigenvalue weighted by Crippen LogP contribution is -2.47. The molecule has 1 saturated carbocycles. The van der Waals surface area contributed by atoms with Crippen molar-refractivity contribution in [2.24, 2.45) is 17.8 Å². The van der Waals surface area contributed by atoms with Crippen LogP contribution in [-0.2, 0) is 9.59 Å². The summed E-state index contributed by atoms with van der Waals surface area (Å²) < 4.78 is 0. The summed E-state index contributed by atoms with van der Waals surface area (Å²) in [4.78, 5) is 28.7. The largest absolute Gasteiger partial charge is 0.356 e. The maximum Gasteiger partial charge on any atom is 0.223 e. The zero-order chi connectivity index (χ0) is 20.2. The Morgan fingerprint density at radius 3 is 2.00 bits per heavy atom. The first-order chi connectivity index (χ1) is 13.0. The van der Waals surface area contributed by atoms with Gasteiger partial charge in [-0.3, -0.25) is 9.59 Å². The van der Waals surface area contributed by atoms with Gasteiger partial charge in [0.05, 0.1) is 0 Å². The van der Waals surface area contributed by atoms with Gasteiger partial charge in [-0.1, -0.05) is 27.7 Å². The Bertz CT molecular complexity index is 429. The number of carbonyl (C=O) groups excluding carboxylic acids is 2. The highest BCUT2D eigenvalue weighted by atomic mass is 16.2. The van der Waals surface area contributed by atoms with Crippen molar-refractivity contribution in [2.75, 3.05) is 45.8 Å². The summed E-state index contributed by atoms with van der Waals surface area (Å²) in [7, 11) is 0. The quantitative estimate of drug-likeness (QED) is 0.653. The number of nitrogens with one attached hydrogen (secondary N) is 1. The van der Waals surface area contributed by atoms with Crippen molar-refractivity contribution < 1.29 is 11.0 Å². The molecule has 27 heavy (non-hydrogen) atoms. The number of hydrogen-bond acceptors (Lipinski definition) is 4. The molecule has 0 aromatic heterocycles. The molecule has 0 bridgehead atoms. The summed E-state index contributed by atoms with van der Waals surface area (Å²) >= 11 is 0. The zero-order valence-electron chi connectivity index (χ0n) is 18.4. The molecular formula is C22H45N3O2. The third-order valence-corrected chi connectivity index (χ3v) is 5.71. The van der Waals surface area contributed by atoms with Gasteiger partial charge in [0.2, 0.25) is 5.91 Å². The van der Waals surface area contributed by atoms with Gasteiger partial charge in [-0.2, -0.15) is 0 Å². The molecule has 1 aliphatic carbocycles. The second-order valence-electron chi connectivity index (χ2n) is 8.34. The van der Waals surface area contributed by atoms with Crippen LogP contribution in [0.4, 0.5) is 0 Å². The average molecular weight is 384 g/mol. The molecule has 0 unspecified atom stereocenters. The van der Waals surface area contributed by atoms with E-state index < -0.39 is 0 Å². The van der Waals surface area contributed by atoms with Gasteiger partial charge in [0, 0.05) is 52.5 Å². The van der Waals surface area contributed by atoms with Crippen LogP contribution in [-0.4, -0.2) is 67.3 Å². The highest BCUT2D eigenvalue weighted by Gasteiger charge is 2.28. The standard InChI is InChI=1S/C20H37N3O2.C2H6.H2/c1-16(2)15-23-13-11-22(12-14-23)10-4-9-21-20(25)19-7-5-18(6-8-19)17(3)24;1-2;/h16,18-19H,4-15H2,1-3H3,(H,21,25);1-2H3;1H. The molecule has 1 amide bonds. The monoisotopic (exact) mass is 383 g/mol. The van der Waals surface area contributed by atoms with Gasteiger partial charge in [-0.25, -0.2) is 0 Å². The normalized spacial score (nSPS) is 24.2. The van der Waals surface area contributed by atoms with E-state index in [1.54, 1.807) is 6.92 Å². The Morgan fingerprint density at radius 2 is 1.48 bits per heavy atom. The highest BCUT2D eigenvalue weighted by Crippen LogP contribution is 2.29. The number of piperazine rings is 1. The summed E-state index contributed by atoms with van der Waals surface area (Å²) in [5.41, 5.74) is 0. The van der Waals surface area contributed by atoms with E-state index in [1.807, 2.05) is 13.8 Å². The third kappa shape index (κ3) is 9.20. The molecule has 0 aromatic carbocycles. The molecule has 5 heteroatoms. The Balaban J connectivity index is 0.00000235. The van der Waals surface area contributed by atoms with Gasteiger partial charge in [-0.05, 0) is 51.5 Å². The first-order valence-electron chi connectivity index (χ1n) is 11.2. The van der Waals surface area contributed by atoms with E-state index in [-0.39, 0.29) is 25.0 Å². The molecule has 160 valence electrons. The first kappa shape index (κ1) is 24.1. The van der Waals surface area contributed by atoms with Crippen LogP contribution < -0.4 is 5.32 Å². The lowest BCUT2D eigenvalue weighted by Gasteiger charge is -2.35. The van der Waals surface area contributed by atoms with E-state index in [9.17, 15) is 9.59 Å². The molecule has 0 radical (unpaired) electrons. The summed E-state index contributed by atoms with van der Waals surface area (Å²) in [6.45, 7) is 17.9.